The lowest BCUT2D eigenvalue weighted by Gasteiger charge is -1.97. The molecule has 0 atom stereocenters. The van der Waals surface area contributed by atoms with E-state index >= 15 is 0 Å². The maximum absolute atomic E-state index is 5.09. The first-order chi connectivity index (χ1) is 5.41. The number of rotatable bonds is 7. The van der Waals surface area contributed by atoms with Gasteiger partial charge in [0, 0.05) is 11.5 Å². The lowest BCUT2D eigenvalue weighted by molar-refractivity contribution is -0.0285. The summed E-state index contributed by atoms with van der Waals surface area (Å²) in [4.78, 5) is 0. The van der Waals surface area contributed by atoms with Gasteiger partial charge in [-0.3, -0.25) is 0 Å². The van der Waals surface area contributed by atoms with E-state index < -0.39 is 0 Å². The van der Waals surface area contributed by atoms with Gasteiger partial charge < -0.3 is 9.47 Å². The zero-order chi connectivity index (χ0) is 8.36. The summed E-state index contributed by atoms with van der Waals surface area (Å²) in [6, 6.07) is 0. The Morgan fingerprint density at radius 3 is 2.64 bits per heavy atom. The molecule has 2 nitrogen and oxygen atoms in total. The van der Waals surface area contributed by atoms with Gasteiger partial charge in [-0.1, -0.05) is 34.7 Å². The van der Waals surface area contributed by atoms with Gasteiger partial charge in [0.15, 0.2) is 0 Å². The second-order valence-corrected chi connectivity index (χ2v) is 3.13. The molecule has 0 heterocycles. The first-order valence-corrected chi connectivity index (χ1v) is 5.22. The fourth-order valence-electron chi connectivity index (χ4n) is 0.592. The minimum absolute atomic E-state index is 0.403. The molecule has 0 aromatic heterocycles. The van der Waals surface area contributed by atoms with Crippen LogP contribution in [0.5, 0.6) is 0 Å². The number of halogens is 1. The Kier molecular flexibility index (Phi) is 10.8. The third-order valence-corrected chi connectivity index (χ3v) is 1.70. The smallest absolute Gasteiger partial charge is 0.146 e. The van der Waals surface area contributed by atoms with Crippen molar-refractivity contribution in [3.05, 3.63) is 12.2 Å². The van der Waals surface area contributed by atoms with Crippen LogP contribution in [0, 0.1) is 0 Å². The third-order valence-electron chi connectivity index (χ3n) is 1.07. The maximum Gasteiger partial charge on any atom is 0.146 e. The van der Waals surface area contributed by atoms with Gasteiger partial charge >= 0.3 is 0 Å². The van der Waals surface area contributed by atoms with E-state index in [1.54, 1.807) is 7.11 Å². The highest BCUT2D eigenvalue weighted by Gasteiger charge is 1.81. The summed E-state index contributed by atoms with van der Waals surface area (Å²) in [7, 11) is 1.63. The van der Waals surface area contributed by atoms with Crippen LogP contribution >= 0.6 is 22.6 Å². The molecule has 0 aromatic rings. The van der Waals surface area contributed by atoms with E-state index in [9.17, 15) is 0 Å². The molecule has 0 amide bonds. The summed E-state index contributed by atoms with van der Waals surface area (Å²) in [5, 5.41) is 0. The molecular formula is C8H15IO2. The Morgan fingerprint density at radius 2 is 2.00 bits per heavy atom. The Balaban J connectivity index is 2.89. The molecule has 0 saturated carbocycles. The zero-order valence-corrected chi connectivity index (χ0v) is 9.04. The van der Waals surface area contributed by atoms with Gasteiger partial charge in [0.1, 0.15) is 6.79 Å². The van der Waals surface area contributed by atoms with Gasteiger partial charge in [0.25, 0.3) is 0 Å². The monoisotopic (exact) mass is 270 g/mol. The van der Waals surface area contributed by atoms with Crippen LogP contribution < -0.4 is 0 Å². The van der Waals surface area contributed by atoms with Crippen LogP contribution in [0.25, 0.3) is 0 Å². The largest absolute Gasteiger partial charge is 0.359 e. The van der Waals surface area contributed by atoms with Crippen LogP contribution in [-0.4, -0.2) is 24.9 Å². The number of allylic oxidation sites excluding steroid dienone is 1. The molecule has 3 heteroatoms. The van der Waals surface area contributed by atoms with E-state index in [1.165, 1.54) is 4.43 Å². The molecular weight excluding hydrogens is 255 g/mol. The van der Waals surface area contributed by atoms with Gasteiger partial charge in [-0.2, -0.15) is 0 Å². The van der Waals surface area contributed by atoms with Crippen molar-refractivity contribution in [2.24, 2.45) is 0 Å². The molecule has 0 saturated heterocycles. The molecule has 0 spiro atoms. The average molecular weight is 270 g/mol. The molecule has 0 aliphatic carbocycles. The highest BCUT2D eigenvalue weighted by atomic mass is 127. The quantitative estimate of drug-likeness (QED) is 0.232. The molecule has 0 radical (unpaired) electrons. The van der Waals surface area contributed by atoms with Crippen LogP contribution in [-0.2, 0) is 9.47 Å². The van der Waals surface area contributed by atoms with E-state index in [-0.39, 0.29) is 0 Å². The molecule has 0 aromatic carbocycles. The second kappa shape index (κ2) is 10.4. The second-order valence-electron chi connectivity index (χ2n) is 2.05. The van der Waals surface area contributed by atoms with Gasteiger partial charge in [0.05, 0.1) is 6.61 Å². The topological polar surface area (TPSA) is 18.5 Å². The van der Waals surface area contributed by atoms with Gasteiger partial charge in [-0.05, 0) is 12.8 Å². The normalized spacial score (nSPS) is 11.1. The van der Waals surface area contributed by atoms with E-state index in [0.29, 0.717) is 6.79 Å². The summed E-state index contributed by atoms with van der Waals surface area (Å²) in [6.07, 6.45) is 6.47. The standard InChI is InChI=1S/C8H15IO2/c1-10-8-11-7-5-3-2-4-6-9/h2-3H,4-8H2,1H3/b3-2-. The van der Waals surface area contributed by atoms with Crippen LogP contribution in [0.3, 0.4) is 0 Å². The molecule has 66 valence electrons. The molecule has 0 N–H and O–H groups in total. The molecule has 11 heavy (non-hydrogen) atoms. The van der Waals surface area contributed by atoms with Crippen LogP contribution in [0.15, 0.2) is 12.2 Å². The van der Waals surface area contributed by atoms with Gasteiger partial charge in [0.2, 0.25) is 0 Å². The minimum Gasteiger partial charge on any atom is -0.359 e. The summed E-state index contributed by atoms with van der Waals surface area (Å²) in [5.41, 5.74) is 0. The van der Waals surface area contributed by atoms with Crippen LogP contribution in [0.1, 0.15) is 12.8 Å². The number of hydrogen-bond acceptors (Lipinski definition) is 2. The van der Waals surface area contributed by atoms with E-state index in [2.05, 4.69) is 34.7 Å². The number of hydrogen-bond donors (Lipinski definition) is 0. The lowest BCUT2D eigenvalue weighted by Crippen LogP contribution is -1.96. The molecule has 0 bridgehead atoms. The highest BCUT2D eigenvalue weighted by Crippen LogP contribution is 1.92. The van der Waals surface area contributed by atoms with Crippen molar-refractivity contribution in [1.29, 1.82) is 0 Å². The highest BCUT2D eigenvalue weighted by molar-refractivity contribution is 14.1. The molecule has 0 aliphatic heterocycles. The van der Waals surface area contributed by atoms with Gasteiger partial charge in [-0.25, -0.2) is 0 Å². The van der Waals surface area contributed by atoms with Crippen molar-refractivity contribution >= 4 is 22.6 Å². The molecule has 0 unspecified atom stereocenters. The summed E-state index contributed by atoms with van der Waals surface area (Å²) >= 11 is 2.36. The zero-order valence-electron chi connectivity index (χ0n) is 6.88. The van der Waals surface area contributed by atoms with Crippen molar-refractivity contribution in [2.45, 2.75) is 12.8 Å². The maximum atomic E-state index is 5.09. The van der Waals surface area contributed by atoms with E-state index in [0.717, 1.165) is 19.4 Å². The van der Waals surface area contributed by atoms with Gasteiger partial charge in [-0.15, -0.1) is 0 Å². The predicted molar refractivity (Wildman–Crippen MR) is 55.1 cm³/mol. The van der Waals surface area contributed by atoms with E-state index in [4.69, 9.17) is 9.47 Å². The van der Waals surface area contributed by atoms with E-state index in [1.807, 2.05) is 0 Å². The minimum atomic E-state index is 0.403. The number of methoxy groups -OCH3 is 1. The fourth-order valence-corrected chi connectivity index (χ4v) is 0.952. The van der Waals surface area contributed by atoms with Crippen molar-refractivity contribution in [3.8, 4) is 0 Å². The predicted octanol–water partition coefficient (Wildman–Crippen LogP) is 2.38. The fraction of sp³-hybridized carbons (Fsp3) is 0.750. The summed E-state index contributed by atoms with van der Waals surface area (Å²) in [6.45, 7) is 1.16. The van der Waals surface area contributed by atoms with Crippen molar-refractivity contribution in [2.75, 3.05) is 24.9 Å². The van der Waals surface area contributed by atoms with Crippen LogP contribution in [0.4, 0.5) is 0 Å². The molecule has 0 fully saturated rings. The molecule has 0 rings (SSSR count). The van der Waals surface area contributed by atoms with Crippen molar-refractivity contribution in [3.63, 3.8) is 0 Å². The molecule has 0 aliphatic rings. The SMILES string of the molecule is COCOCC/C=C\CCI. The number of ether oxygens (including phenoxy) is 2. The average Bonchev–Trinajstić information content (AvgIpc) is 2.03. The third kappa shape index (κ3) is 10.4. The summed E-state index contributed by atoms with van der Waals surface area (Å²) < 4.78 is 11.0. The first kappa shape index (κ1) is 11.4. The Bertz CT molecular complexity index is 94.1. The lowest BCUT2D eigenvalue weighted by atomic mass is 10.3. The van der Waals surface area contributed by atoms with Crippen molar-refractivity contribution < 1.29 is 9.47 Å². The first-order valence-electron chi connectivity index (χ1n) is 3.69. The Morgan fingerprint density at radius 1 is 1.27 bits per heavy atom. The number of alkyl halides is 1. The Labute approximate surface area is 82.1 Å². The summed E-state index contributed by atoms with van der Waals surface area (Å²) in [5.74, 6) is 0. The Hall–Kier alpha value is 0.390. The van der Waals surface area contributed by atoms with Crippen molar-refractivity contribution in [1.82, 2.24) is 0 Å². The van der Waals surface area contributed by atoms with Crippen LogP contribution in [0.2, 0.25) is 0 Å².